The highest BCUT2D eigenvalue weighted by Gasteiger charge is 2.21. The van der Waals surface area contributed by atoms with Gasteiger partial charge in [-0.1, -0.05) is 13.8 Å². The van der Waals surface area contributed by atoms with Gasteiger partial charge in [-0.05, 0) is 24.9 Å². The van der Waals surface area contributed by atoms with Crippen molar-refractivity contribution in [1.82, 2.24) is 9.55 Å². The molecule has 0 bridgehead atoms. The summed E-state index contributed by atoms with van der Waals surface area (Å²) in [5.41, 5.74) is 6.29. The highest BCUT2D eigenvalue weighted by atomic mass is 32.2. The first-order valence-electron chi connectivity index (χ1n) is 6.55. The monoisotopic (exact) mass is 285 g/mol. The predicted octanol–water partition coefficient (Wildman–Crippen LogP) is 2.20. The minimum absolute atomic E-state index is 0.245. The highest BCUT2D eigenvalue weighted by Crippen LogP contribution is 2.19. The molecule has 0 saturated heterocycles. The summed E-state index contributed by atoms with van der Waals surface area (Å²) in [6.45, 7) is 7.05. The number of hydrogen-bond acceptors (Lipinski definition) is 5. The molecular formula is C13H23N3O2S. The Morgan fingerprint density at radius 3 is 2.74 bits per heavy atom. The lowest BCUT2D eigenvalue weighted by molar-refractivity contribution is 0.0521. The fourth-order valence-electron chi connectivity index (χ4n) is 1.99. The maximum Gasteiger partial charge on any atom is 0.360 e. The summed E-state index contributed by atoms with van der Waals surface area (Å²) in [6, 6.07) is 0. The third kappa shape index (κ3) is 3.89. The van der Waals surface area contributed by atoms with Gasteiger partial charge in [-0.15, -0.1) is 0 Å². The lowest BCUT2D eigenvalue weighted by atomic mass is 10.2. The van der Waals surface area contributed by atoms with E-state index < -0.39 is 5.97 Å². The first kappa shape index (κ1) is 15.9. The van der Waals surface area contributed by atoms with E-state index in [1.807, 2.05) is 11.5 Å². The van der Waals surface area contributed by atoms with Gasteiger partial charge in [0.25, 0.3) is 0 Å². The van der Waals surface area contributed by atoms with Crippen molar-refractivity contribution in [2.24, 2.45) is 5.92 Å². The molecule has 0 radical (unpaired) electrons. The fraction of sp³-hybridized carbons (Fsp3) is 0.692. The first-order chi connectivity index (χ1) is 9.04. The Hall–Kier alpha value is -1.17. The summed E-state index contributed by atoms with van der Waals surface area (Å²) in [5, 5.41) is 0. The number of aromatic nitrogens is 2. The Kier molecular flexibility index (Phi) is 6.21. The van der Waals surface area contributed by atoms with Crippen LogP contribution in [0, 0.1) is 5.92 Å². The van der Waals surface area contributed by atoms with Crippen LogP contribution < -0.4 is 5.73 Å². The second-order valence-corrected chi connectivity index (χ2v) is 5.42. The number of carbonyl (C=O) groups is 1. The topological polar surface area (TPSA) is 70.1 Å². The molecule has 1 rings (SSSR count). The molecule has 0 spiro atoms. The van der Waals surface area contributed by atoms with Gasteiger partial charge >= 0.3 is 5.97 Å². The van der Waals surface area contributed by atoms with Gasteiger partial charge in [0, 0.05) is 13.0 Å². The van der Waals surface area contributed by atoms with E-state index in [1.165, 1.54) is 0 Å². The molecule has 19 heavy (non-hydrogen) atoms. The molecule has 1 aromatic heterocycles. The molecule has 0 fully saturated rings. The zero-order valence-electron chi connectivity index (χ0n) is 12.1. The number of hydrogen-bond donors (Lipinski definition) is 1. The van der Waals surface area contributed by atoms with E-state index in [1.54, 1.807) is 18.7 Å². The van der Waals surface area contributed by atoms with Gasteiger partial charge in [0.1, 0.15) is 11.6 Å². The average Bonchev–Trinajstić information content (AvgIpc) is 2.67. The molecule has 0 amide bonds. The maximum atomic E-state index is 11.8. The number of anilines is 1. The number of aryl methyl sites for hydroxylation is 1. The summed E-state index contributed by atoms with van der Waals surface area (Å²) in [7, 11) is 0. The molecule has 6 heteroatoms. The van der Waals surface area contributed by atoms with Gasteiger partial charge in [0.15, 0.2) is 5.69 Å². The van der Waals surface area contributed by atoms with Crippen molar-refractivity contribution in [3.63, 3.8) is 0 Å². The van der Waals surface area contributed by atoms with Crippen molar-refractivity contribution >= 4 is 23.5 Å². The van der Waals surface area contributed by atoms with Crippen LogP contribution in [0.4, 0.5) is 5.82 Å². The van der Waals surface area contributed by atoms with E-state index in [9.17, 15) is 4.79 Å². The van der Waals surface area contributed by atoms with Crippen molar-refractivity contribution in [1.29, 1.82) is 0 Å². The molecule has 0 saturated carbocycles. The van der Waals surface area contributed by atoms with Gasteiger partial charge in [0.2, 0.25) is 0 Å². The zero-order valence-corrected chi connectivity index (χ0v) is 12.9. The van der Waals surface area contributed by atoms with E-state index >= 15 is 0 Å². The van der Waals surface area contributed by atoms with Crippen LogP contribution in [0.1, 0.15) is 37.1 Å². The molecule has 108 valence electrons. The van der Waals surface area contributed by atoms with Gasteiger partial charge < -0.3 is 15.0 Å². The van der Waals surface area contributed by atoms with Crippen LogP contribution in [0.15, 0.2) is 0 Å². The number of nitrogen functional groups attached to an aromatic ring is 1. The molecule has 0 aliphatic rings. The van der Waals surface area contributed by atoms with Crippen molar-refractivity contribution in [2.45, 2.75) is 33.7 Å². The van der Waals surface area contributed by atoms with Crippen molar-refractivity contribution in [3.05, 3.63) is 11.5 Å². The van der Waals surface area contributed by atoms with Crippen molar-refractivity contribution < 1.29 is 9.53 Å². The van der Waals surface area contributed by atoms with Crippen LogP contribution in [0.25, 0.3) is 0 Å². The first-order valence-corrected chi connectivity index (χ1v) is 7.95. The second-order valence-electron chi connectivity index (χ2n) is 4.51. The van der Waals surface area contributed by atoms with Crippen LogP contribution in [0.3, 0.4) is 0 Å². The van der Waals surface area contributed by atoms with Crippen molar-refractivity contribution in [3.8, 4) is 0 Å². The number of esters is 1. The van der Waals surface area contributed by atoms with Crippen LogP contribution in [0.5, 0.6) is 0 Å². The largest absolute Gasteiger partial charge is 0.461 e. The minimum atomic E-state index is -0.439. The predicted molar refractivity (Wildman–Crippen MR) is 79.5 cm³/mol. The summed E-state index contributed by atoms with van der Waals surface area (Å²) in [5.74, 6) is 2.35. The maximum absolute atomic E-state index is 11.8. The quantitative estimate of drug-likeness (QED) is 0.778. The van der Waals surface area contributed by atoms with Gasteiger partial charge in [0.05, 0.1) is 6.61 Å². The molecule has 5 nitrogen and oxygen atoms in total. The molecule has 0 aliphatic carbocycles. The number of nitrogens with two attached hydrogens (primary N) is 1. The van der Waals surface area contributed by atoms with E-state index in [4.69, 9.17) is 10.5 Å². The summed E-state index contributed by atoms with van der Waals surface area (Å²) < 4.78 is 6.91. The molecular weight excluding hydrogens is 262 g/mol. The summed E-state index contributed by atoms with van der Waals surface area (Å²) >= 11 is 1.80. The van der Waals surface area contributed by atoms with E-state index in [2.05, 4.69) is 18.2 Å². The summed E-state index contributed by atoms with van der Waals surface area (Å²) in [6.07, 6.45) is 2.83. The van der Waals surface area contributed by atoms with Gasteiger partial charge in [-0.2, -0.15) is 11.8 Å². The Balaban J connectivity index is 2.99. The molecule has 2 N–H and O–H groups in total. The van der Waals surface area contributed by atoms with E-state index in [0.717, 1.165) is 24.5 Å². The Labute approximate surface area is 118 Å². The number of nitrogens with zero attached hydrogens (tertiary/aromatic N) is 2. The van der Waals surface area contributed by atoms with Crippen LogP contribution in [-0.4, -0.2) is 34.1 Å². The van der Waals surface area contributed by atoms with Gasteiger partial charge in [-0.3, -0.25) is 0 Å². The van der Waals surface area contributed by atoms with Crippen LogP contribution in [-0.2, 0) is 17.7 Å². The fourth-order valence-corrected chi connectivity index (χ4v) is 2.66. The Morgan fingerprint density at radius 2 is 2.21 bits per heavy atom. The number of carbonyl (C=O) groups excluding carboxylic acids is 1. The smallest absolute Gasteiger partial charge is 0.360 e. The number of rotatable bonds is 7. The third-order valence-electron chi connectivity index (χ3n) is 2.82. The minimum Gasteiger partial charge on any atom is -0.461 e. The lowest BCUT2D eigenvalue weighted by Gasteiger charge is -2.14. The van der Waals surface area contributed by atoms with Crippen LogP contribution >= 0.6 is 11.8 Å². The lowest BCUT2D eigenvalue weighted by Crippen LogP contribution is -2.15. The molecule has 0 aliphatic heterocycles. The van der Waals surface area contributed by atoms with E-state index in [-0.39, 0.29) is 5.69 Å². The molecule has 0 aromatic carbocycles. The second kappa shape index (κ2) is 7.43. The zero-order chi connectivity index (χ0) is 14.4. The molecule has 1 unspecified atom stereocenters. The summed E-state index contributed by atoms with van der Waals surface area (Å²) in [4.78, 5) is 16.1. The van der Waals surface area contributed by atoms with Crippen molar-refractivity contribution in [2.75, 3.05) is 24.3 Å². The normalized spacial score (nSPS) is 12.4. The highest BCUT2D eigenvalue weighted by molar-refractivity contribution is 7.98. The molecule has 1 atom stereocenters. The van der Waals surface area contributed by atoms with Gasteiger partial charge in [-0.25, -0.2) is 9.78 Å². The third-order valence-corrected chi connectivity index (χ3v) is 3.72. The Bertz CT molecular complexity index is 432. The standard InChI is InChI=1S/C13H23N3O2S/c1-5-10-15-11(13(17)18-6-2)12(14)16(10)7-9(3)8-19-4/h9H,5-8,14H2,1-4H3. The molecule has 1 heterocycles. The number of imidazole rings is 1. The Morgan fingerprint density at radius 1 is 1.53 bits per heavy atom. The number of thioether (sulfide) groups is 1. The average molecular weight is 285 g/mol. The van der Waals surface area contributed by atoms with Crippen LogP contribution in [0.2, 0.25) is 0 Å². The number of ether oxygens (including phenoxy) is 1. The van der Waals surface area contributed by atoms with E-state index in [0.29, 0.717) is 18.3 Å². The molecule has 1 aromatic rings. The SMILES string of the molecule is CCOC(=O)c1nc(CC)n(CC(C)CSC)c1N.